The number of carbonyl (C=O) groups is 1. The van der Waals surface area contributed by atoms with Gasteiger partial charge in [0.1, 0.15) is 12.8 Å². The number of anilines is 1. The molecule has 26 heavy (non-hydrogen) atoms. The Morgan fingerprint density at radius 2 is 2.04 bits per heavy atom. The summed E-state index contributed by atoms with van der Waals surface area (Å²) in [6.07, 6.45) is 2.27. The lowest BCUT2D eigenvalue weighted by Gasteiger charge is -2.34. The minimum Gasteiger partial charge on any atom is -0.445 e. The molecular formula is C19H23FN4O2. The maximum absolute atomic E-state index is 14.4. The Hall–Kier alpha value is -2.70. The number of rotatable bonds is 5. The van der Waals surface area contributed by atoms with Gasteiger partial charge >= 0.3 is 6.09 Å². The molecular weight excluding hydrogens is 335 g/mol. The second-order valence-corrected chi connectivity index (χ2v) is 6.50. The fraction of sp³-hybridized carbons (Fsp3) is 0.421. The highest BCUT2D eigenvalue weighted by Crippen LogP contribution is 2.22. The number of carbonyl (C=O) groups excluding carboxylic acids is 1. The van der Waals surface area contributed by atoms with Crippen molar-refractivity contribution in [2.75, 3.05) is 25.0 Å². The van der Waals surface area contributed by atoms with Crippen LogP contribution in [0.3, 0.4) is 0 Å². The van der Waals surface area contributed by atoms with Gasteiger partial charge in [0.2, 0.25) is 5.95 Å². The summed E-state index contributed by atoms with van der Waals surface area (Å²) in [6.45, 7) is 3.17. The number of alkyl halides is 1. The number of piperidine rings is 1. The van der Waals surface area contributed by atoms with E-state index >= 15 is 0 Å². The molecule has 1 amide bonds. The number of amides is 1. The molecule has 1 saturated heterocycles. The van der Waals surface area contributed by atoms with Gasteiger partial charge in [0, 0.05) is 31.4 Å². The van der Waals surface area contributed by atoms with Crippen molar-refractivity contribution < 1.29 is 13.9 Å². The molecule has 1 fully saturated rings. The second kappa shape index (κ2) is 8.60. The van der Waals surface area contributed by atoms with Crippen LogP contribution in [0.5, 0.6) is 0 Å². The number of halogens is 1. The quantitative estimate of drug-likeness (QED) is 0.889. The van der Waals surface area contributed by atoms with E-state index in [4.69, 9.17) is 4.74 Å². The fourth-order valence-electron chi connectivity index (χ4n) is 2.88. The number of nitrogens with one attached hydrogen (secondary N) is 1. The molecule has 2 heterocycles. The van der Waals surface area contributed by atoms with E-state index in [9.17, 15) is 9.18 Å². The number of aryl methyl sites for hydroxylation is 1. The molecule has 0 bridgehead atoms. The van der Waals surface area contributed by atoms with Gasteiger partial charge in [-0.1, -0.05) is 29.8 Å². The highest BCUT2D eigenvalue weighted by Gasteiger charge is 2.32. The number of ether oxygens (including phenoxy) is 1. The molecule has 1 N–H and O–H groups in total. The molecule has 2 atom stereocenters. The molecule has 0 unspecified atom stereocenters. The maximum Gasteiger partial charge on any atom is 0.410 e. The van der Waals surface area contributed by atoms with E-state index in [1.54, 1.807) is 18.5 Å². The first-order valence-electron chi connectivity index (χ1n) is 8.74. The molecule has 0 spiro atoms. The topological polar surface area (TPSA) is 67.3 Å². The van der Waals surface area contributed by atoms with Crippen molar-refractivity contribution in [3.8, 4) is 0 Å². The van der Waals surface area contributed by atoms with Gasteiger partial charge in [0.25, 0.3) is 0 Å². The fourth-order valence-corrected chi connectivity index (χ4v) is 2.88. The van der Waals surface area contributed by atoms with Crippen LogP contribution in [0.4, 0.5) is 15.1 Å². The predicted molar refractivity (Wildman–Crippen MR) is 96.5 cm³/mol. The molecule has 138 valence electrons. The maximum atomic E-state index is 14.4. The third-order valence-corrected chi connectivity index (χ3v) is 4.51. The Morgan fingerprint density at radius 1 is 1.31 bits per heavy atom. The number of hydrogen-bond acceptors (Lipinski definition) is 5. The number of hydrogen-bond donors (Lipinski definition) is 1. The molecule has 1 aliphatic heterocycles. The van der Waals surface area contributed by atoms with E-state index in [0.717, 1.165) is 11.1 Å². The van der Waals surface area contributed by atoms with Gasteiger partial charge < -0.3 is 15.0 Å². The van der Waals surface area contributed by atoms with Crippen LogP contribution in [0, 0.1) is 12.8 Å². The highest BCUT2D eigenvalue weighted by molar-refractivity contribution is 5.67. The molecule has 3 rings (SSSR count). The third kappa shape index (κ3) is 4.91. The van der Waals surface area contributed by atoms with Crippen LogP contribution >= 0.6 is 0 Å². The van der Waals surface area contributed by atoms with Crippen molar-refractivity contribution in [1.29, 1.82) is 0 Å². The molecule has 2 aromatic rings. The zero-order valence-corrected chi connectivity index (χ0v) is 14.8. The second-order valence-electron chi connectivity index (χ2n) is 6.50. The highest BCUT2D eigenvalue weighted by atomic mass is 19.1. The molecule has 0 saturated carbocycles. The Bertz CT molecular complexity index is 711. The van der Waals surface area contributed by atoms with Crippen LogP contribution in [0.2, 0.25) is 0 Å². The van der Waals surface area contributed by atoms with Crippen molar-refractivity contribution in [1.82, 2.24) is 14.9 Å². The van der Waals surface area contributed by atoms with Gasteiger partial charge in [-0.3, -0.25) is 0 Å². The van der Waals surface area contributed by atoms with Gasteiger partial charge in [-0.25, -0.2) is 19.2 Å². The predicted octanol–water partition coefficient (Wildman–Crippen LogP) is 3.19. The Labute approximate surface area is 152 Å². The molecule has 6 nitrogen and oxygen atoms in total. The van der Waals surface area contributed by atoms with Crippen LogP contribution in [0.15, 0.2) is 42.7 Å². The normalized spacial score (nSPS) is 19.8. The molecule has 0 radical (unpaired) electrons. The zero-order chi connectivity index (χ0) is 18.4. The molecule has 1 aromatic heterocycles. The van der Waals surface area contributed by atoms with E-state index in [-0.39, 0.29) is 19.1 Å². The lowest BCUT2D eigenvalue weighted by atomic mass is 9.95. The first-order valence-corrected chi connectivity index (χ1v) is 8.74. The smallest absolute Gasteiger partial charge is 0.410 e. The largest absolute Gasteiger partial charge is 0.445 e. The summed E-state index contributed by atoms with van der Waals surface area (Å²) in [5.74, 6) is 0.305. The molecule has 0 aliphatic carbocycles. The first kappa shape index (κ1) is 18.1. The summed E-state index contributed by atoms with van der Waals surface area (Å²) in [5, 5.41) is 3.04. The summed E-state index contributed by atoms with van der Waals surface area (Å²) >= 11 is 0. The zero-order valence-electron chi connectivity index (χ0n) is 14.8. The molecule has 1 aliphatic rings. The minimum atomic E-state index is -1.10. The van der Waals surface area contributed by atoms with E-state index in [1.807, 2.05) is 31.2 Å². The van der Waals surface area contributed by atoms with Gasteiger partial charge in [-0.2, -0.15) is 0 Å². The third-order valence-electron chi connectivity index (χ3n) is 4.51. The van der Waals surface area contributed by atoms with Gasteiger partial charge in [-0.15, -0.1) is 0 Å². The van der Waals surface area contributed by atoms with E-state index in [0.29, 0.717) is 25.5 Å². The summed E-state index contributed by atoms with van der Waals surface area (Å²) in [6, 6.07) is 9.50. The Morgan fingerprint density at radius 3 is 2.73 bits per heavy atom. The summed E-state index contributed by atoms with van der Waals surface area (Å²) in [4.78, 5) is 21.7. The number of aromatic nitrogens is 2. The summed E-state index contributed by atoms with van der Waals surface area (Å²) in [5.41, 5.74) is 2.07. The number of nitrogens with zero attached hydrogens (tertiary/aromatic N) is 3. The van der Waals surface area contributed by atoms with Crippen LogP contribution in [0.1, 0.15) is 17.5 Å². The standard InChI is InChI=1S/C19H23FN4O2/c1-14-3-5-15(6-4-14)13-26-19(25)24-10-7-16(17(20)12-24)11-23-18-21-8-2-9-22-18/h2-6,8-9,16-17H,7,10-13H2,1H3,(H,21,22,23)/t16-,17+/m1/s1. The number of likely N-dealkylation sites (tertiary alicyclic amines) is 1. The lowest BCUT2D eigenvalue weighted by Crippen LogP contribution is -2.46. The minimum absolute atomic E-state index is 0.0503. The average molecular weight is 358 g/mol. The van der Waals surface area contributed by atoms with Crippen LogP contribution < -0.4 is 5.32 Å². The van der Waals surface area contributed by atoms with Gasteiger partial charge in [-0.05, 0) is 25.0 Å². The van der Waals surface area contributed by atoms with Crippen molar-refractivity contribution in [2.24, 2.45) is 5.92 Å². The van der Waals surface area contributed by atoms with Gasteiger partial charge in [0.15, 0.2) is 0 Å². The molecule has 7 heteroatoms. The van der Waals surface area contributed by atoms with Crippen molar-refractivity contribution >= 4 is 12.0 Å². The first-order chi connectivity index (χ1) is 12.6. The van der Waals surface area contributed by atoms with Crippen molar-refractivity contribution in [3.63, 3.8) is 0 Å². The van der Waals surface area contributed by atoms with Crippen LogP contribution in [-0.2, 0) is 11.3 Å². The summed E-state index contributed by atoms with van der Waals surface area (Å²) in [7, 11) is 0. The monoisotopic (exact) mass is 358 g/mol. The van der Waals surface area contributed by atoms with E-state index in [2.05, 4.69) is 15.3 Å². The van der Waals surface area contributed by atoms with Crippen molar-refractivity contribution in [2.45, 2.75) is 26.1 Å². The average Bonchev–Trinajstić information content (AvgIpc) is 2.67. The van der Waals surface area contributed by atoms with Crippen LogP contribution in [0.25, 0.3) is 0 Å². The van der Waals surface area contributed by atoms with Crippen molar-refractivity contribution in [3.05, 3.63) is 53.9 Å². The van der Waals surface area contributed by atoms with Crippen LogP contribution in [-0.4, -0.2) is 46.8 Å². The Balaban J connectivity index is 1.43. The van der Waals surface area contributed by atoms with Gasteiger partial charge in [0.05, 0.1) is 6.54 Å². The Kier molecular flexibility index (Phi) is 5.99. The number of benzene rings is 1. The summed E-state index contributed by atoms with van der Waals surface area (Å²) < 4.78 is 19.7. The lowest BCUT2D eigenvalue weighted by molar-refractivity contribution is 0.0544. The van der Waals surface area contributed by atoms with E-state index < -0.39 is 12.3 Å². The molecule has 1 aromatic carbocycles. The SMILES string of the molecule is Cc1ccc(COC(=O)N2CC[C@H](CNc3ncccn3)[C@@H](F)C2)cc1. The van der Waals surface area contributed by atoms with E-state index in [1.165, 1.54) is 4.90 Å².